The van der Waals surface area contributed by atoms with Gasteiger partial charge < -0.3 is 9.72 Å². The molecule has 86 valence electrons. The number of H-pyrrole nitrogens is 3. The molecule has 0 amide bonds. The first-order chi connectivity index (χ1) is 7.70. The van der Waals surface area contributed by atoms with Crippen molar-refractivity contribution in [3.8, 4) is 0 Å². The molecule has 0 aliphatic heterocycles. The van der Waals surface area contributed by atoms with Crippen LogP contribution >= 0.6 is 0 Å². The van der Waals surface area contributed by atoms with Gasteiger partial charge in [-0.25, -0.2) is 9.78 Å². The smallest absolute Gasteiger partial charge is 0.327 e. The molecule has 0 bridgehead atoms. The van der Waals surface area contributed by atoms with Crippen LogP contribution in [0.15, 0.2) is 9.59 Å². The molecule has 0 fully saturated rings. The van der Waals surface area contributed by atoms with E-state index in [2.05, 4.69) is 19.9 Å². The molecule has 0 radical (unpaired) electrons. The Bertz CT molecular complexity index is 595. The minimum Gasteiger partial charge on any atom is -0.385 e. The van der Waals surface area contributed by atoms with Crippen LogP contribution in [0.1, 0.15) is 12.2 Å². The van der Waals surface area contributed by atoms with Crippen molar-refractivity contribution in [2.24, 2.45) is 0 Å². The summed E-state index contributed by atoms with van der Waals surface area (Å²) in [5, 5.41) is 0. The summed E-state index contributed by atoms with van der Waals surface area (Å²) in [4.78, 5) is 33.9. The monoisotopic (exact) mass is 224 g/mol. The van der Waals surface area contributed by atoms with Crippen LogP contribution in [0, 0.1) is 0 Å². The van der Waals surface area contributed by atoms with Gasteiger partial charge in [0.1, 0.15) is 11.3 Å². The number of imidazole rings is 1. The number of hydrogen-bond acceptors (Lipinski definition) is 4. The van der Waals surface area contributed by atoms with Gasteiger partial charge in [-0.2, -0.15) is 0 Å². The first-order valence-corrected chi connectivity index (χ1v) is 4.91. The number of rotatable bonds is 4. The fourth-order valence-electron chi connectivity index (χ4n) is 1.48. The molecular formula is C9H12N4O3. The summed E-state index contributed by atoms with van der Waals surface area (Å²) in [6.07, 6.45) is 1.47. The Morgan fingerprint density at radius 2 is 2.06 bits per heavy atom. The zero-order chi connectivity index (χ0) is 11.5. The highest BCUT2D eigenvalue weighted by Gasteiger charge is 2.06. The largest absolute Gasteiger partial charge is 0.385 e. The second-order valence-electron chi connectivity index (χ2n) is 3.41. The Kier molecular flexibility index (Phi) is 2.86. The van der Waals surface area contributed by atoms with Crippen molar-refractivity contribution in [2.45, 2.75) is 12.8 Å². The van der Waals surface area contributed by atoms with Crippen molar-refractivity contribution in [3.05, 3.63) is 26.7 Å². The molecule has 0 spiro atoms. The maximum Gasteiger partial charge on any atom is 0.327 e. The lowest BCUT2D eigenvalue weighted by atomic mass is 10.3. The molecule has 0 aliphatic rings. The van der Waals surface area contributed by atoms with E-state index in [0.29, 0.717) is 30.0 Å². The van der Waals surface area contributed by atoms with Crippen LogP contribution in [0.4, 0.5) is 0 Å². The molecule has 2 aromatic heterocycles. The second-order valence-corrected chi connectivity index (χ2v) is 3.41. The lowest BCUT2D eigenvalue weighted by Gasteiger charge is -1.94. The maximum absolute atomic E-state index is 11.4. The highest BCUT2D eigenvalue weighted by atomic mass is 16.5. The first kappa shape index (κ1) is 10.6. The molecule has 2 aromatic rings. The predicted octanol–water partition coefficient (Wildman–Crippen LogP) is -0.482. The third-order valence-electron chi connectivity index (χ3n) is 2.20. The third-order valence-corrected chi connectivity index (χ3v) is 2.20. The topological polar surface area (TPSA) is 104 Å². The van der Waals surface area contributed by atoms with Gasteiger partial charge in [0, 0.05) is 20.1 Å². The van der Waals surface area contributed by atoms with Gasteiger partial charge in [-0.05, 0) is 6.42 Å². The maximum atomic E-state index is 11.4. The van der Waals surface area contributed by atoms with Gasteiger partial charge in [-0.1, -0.05) is 0 Å². The number of nitrogens with one attached hydrogen (secondary N) is 3. The van der Waals surface area contributed by atoms with Crippen LogP contribution in [0.25, 0.3) is 11.2 Å². The van der Waals surface area contributed by atoms with Crippen molar-refractivity contribution < 1.29 is 4.74 Å². The van der Waals surface area contributed by atoms with Crippen LogP contribution in [-0.4, -0.2) is 33.7 Å². The standard InChI is InChI=1S/C9H12N4O3/c1-16-4-2-3-5-10-6-7(11-5)12-9(15)13-8(6)14/h2-4H2,1H3,(H3,10,11,12,13,14,15). The van der Waals surface area contributed by atoms with Gasteiger partial charge in [0.2, 0.25) is 0 Å². The molecule has 0 atom stereocenters. The second kappa shape index (κ2) is 4.31. The minimum atomic E-state index is -0.549. The predicted molar refractivity (Wildman–Crippen MR) is 57.5 cm³/mol. The van der Waals surface area contributed by atoms with E-state index < -0.39 is 11.2 Å². The van der Waals surface area contributed by atoms with E-state index in [1.54, 1.807) is 7.11 Å². The van der Waals surface area contributed by atoms with Crippen molar-refractivity contribution in [1.29, 1.82) is 0 Å². The van der Waals surface area contributed by atoms with Gasteiger partial charge >= 0.3 is 5.69 Å². The summed E-state index contributed by atoms with van der Waals surface area (Å²) in [5.41, 5.74) is -0.412. The molecule has 3 N–H and O–H groups in total. The van der Waals surface area contributed by atoms with Crippen LogP contribution in [0.3, 0.4) is 0 Å². The molecule has 0 aromatic carbocycles. The highest BCUT2D eigenvalue weighted by molar-refractivity contribution is 5.68. The molecule has 7 nitrogen and oxygen atoms in total. The number of fused-ring (bicyclic) bond motifs is 1. The molecule has 0 saturated heterocycles. The van der Waals surface area contributed by atoms with Gasteiger partial charge in [0.25, 0.3) is 5.56 Å². The van der Waals surface area contributed by atoms with Crippen molar-refractivity contribution in [2.75, 3.05) is 13.7 Å². The van der Waals surface area contributed by atoms with Gasteiger partial charge in [0.05, 0.1) is 0 Å². The number of aryl methyl sites for hydroxylation is 1. The van der Waals surface area contributed by atoms with E-state index in [4.69, 9.17) is 4.74 Å². The molecule has 16 heavy (non-hydrogen) atoms. The van der Waals surface area contributed by atoms with Crippen LogP contribution in [-0.2, 0) is 11.2 Å². The molecule has 0 aliphatic carbocycles. The number of nitrogens with zero attached hydrogens (tertiary/aromatic N) is 1. The quantitative estimate of drug-likeness (QED) is 0.610. The molecular weight excluding hydrogens is 212 g/mol. The van der Waals surface area contributed by atoms with Crippen LogP contribution < -0.4 is 11.2 Å². The van der Waals surface area contributed by atoms with E-state index in [1.165, 1.54) is 0 Å². The van der Waals surface area contributed by atoms with E-state index in [0.717, 1.165) is 6.42 Å². The number of methoxy groups -OCH3 is 1. The Hall–Kier alpha value is -1.89. The van der Waals surface area contributed by atoms with Gasteiger partial charge in [0.15, 0.2) is 5.65 Å². The lowest BCUT2D eigenvalue weighted by Crippen LogP contribution is -2.21. The fraction of sp³-hybridized carbons (Fsp3) is 0.444. The van der Waals surface area contributed by atoms with Crippen molar-refractivity contribution >= 4 is 11.2 Å². The Morgan fingerprint density at radius 1 is 1.25 bits per heavy atom. The van der Waals surface area contributed by atoms with Crippen LogP contribution in [0.2, 0.25) is 0 Å². The minimum absolute atomic E-state index is 0.293. The molecule has 7 heteroatoms. The third kappa shape index (κ3) is 2.03. The van der Waals surface area contributed by atoms with Crippen molar-refractivity contribution in [1.82, 2.24) is 19.9 Å². The summed E-state index contributed by atoms with van der Waals surface area (Å²) in [7, 11) is 1.63. The number of hydrogen-bond donors (Lipinski definition) is 3. The highest BCUT2D eigenvalue weighted by Crippen LogP contribution is 2.03. The summed E-state index contributed by atoms with van der Waals surface area (Å²) in [6.45, 7) is 0.629. The van der Waals surface area contributed by atoms with E-state index in [9.17, 15) is 9.59 Å². The zero-order valence-electron chi connectivity index (χ0n) is 8.79. The lowest BCUT2D eigenvalue weighted by molar-refractivity contribution is 0.194. The average molecular weight is 224 g/mol. The number of aromatic amines is 3. The molecule has 2 heterocycles. The van der Waals surface area contributed by atoms with Crippen molar-refractivity contribution in [3.63, 3.8) is 0 Å². The van der Waals surface area contributed by atoms with E-state index in [-0.39, 0.29) is 0 Å². The Morgan fingerprint density at radius 3 is 2.81 bits per heavy atom. The normalized spacial score (nSPS) is 11.1. The fourth-order valence-corrected chi connectivity index (χ4v) is 1.48. The number of aromatic nitrogens is 4. The molecule has 0 unspecified atom stereocenters. The average Bonchev–Trinajstić information content (AvgIpc) is 2.61. The van der Waals surface area contributed by atoms with Gasteiger partial charge in [-0.3, -0.25) is 14.8 Å². The summed E-state index contributed by atoms with van der Waals surface area (Å²) < 4.78 is 4.91. The summed E-state index contributed by atoms with van der Waals surface area (Å²) >= 11 is 0. The first-order valence-electron chi connectivity index (χ1n) is 4.91. The van der Waals surface area contributed by atoms with E-state index in [1.807, 2.05) is 0 Å². The summed E-state index contributed by atoms with van der Waals surface area (Å²) in [5.74, 6) is 0.666. The van der Waals surface area contributed by atoms with E-state index >= 15 is 0 Å². The van der Waals surface area contributed by atoms with Crippen LogP contribution in [0.5, 0.6) is 0 Å². The SMILES string of the molecule is COCCCc1nc2[nH]c(=O)[nH]c(=O)c2[nH]1. The zero-order valence-corrected chi connectivity index (χ0v) is 8.79. The molecule has 0 saturated carbocycles. The molecule has 2 rings (SSSR count). The Labute approximate surface area is 89.9 Å². The Balaban J connectivity index is 2.33. The van der Waals surface area contributed by atoms with Gasteiger partial charge in [-0.15, -0.1) is 0 Å². The number of ether oxygens (including phenoxy) is 1. The summed E-state index contributed by atoms with van der Waals surface area (Å²) in [6, 6.07) is 0.